The first-order valence-electron chi connectivity index (χ1n) is 6.83. The van der Waals surface area contributed by atoms with Crippen LogP contribution in [0.5, 0.6) is 0 Å². The van der Waals surface area contributed by atoms with Crippen molar-refractivity contribution < 1.29 is 4.74 Å². The largest absolute Gasteiger partial charge is 0.382 e. The van der Waals surface area contributed by atoms with Crippen molar-refractivity contribution in [2.75, 3.05) is 18.5 Å². The van der Waals surface area contributed by atoms with Crippen LogP contribution in [-0.2, 0) is 11.3 Å². The maximum absolute atomic E-state index is 6.13. The smallest absolute Gasteiger partial charge is 0.207 e. The lowest BCUT2D eigenvalue weighted by Gasteiger charge is -2.12. The summed E-state index contributed by atoms with van der Waals surface area (Å²) in [6.45, 7) is 6.40. The van der Waals surface area contributed by atoms with E-state index in [9.17, 15) is 0 Å². The summed E-state index contributed by atoms with van der Waals surface area (Å²) >= 11 is 6.13. The van der Waals surface area contributed by atoms with E-state index in [1.807, 2.05) is 38.2 Å². The van der Waals surface area contributed by atoms with Crippen LogP contribution in [0, 0.1) is 6.92 Å². The number of hydrogen-bond donors (Lipinski definition) is 1. The van der Waals surface area contributed by atoms with E-state index in [-0.39, 0.29) is 0 Å². The highest BCUT2D eigenvalue weighted by Crippen LogP contribution is 2.25. The van der Waals surface area contributed by atoms with Crippen LogP contribution in [0.2, 0.25) is 5.02 Å². The van der Waals surface area contributed by atoms with Gasteiger partial charge < -0.3 is 14.6 Å². The van der Waals surface area contributed by atoms with E-state index in [1.54, 1.807) is 6.20 Å². The molecule has 108 valence electrons. The van der Waals surface area contributed by atoms with Gasteiger partial charge in [-0.2, -0.15) is 0 Å². The van der Waals surface area contributed by atoms with Crippen LogP contribution in [0.3, 0.4) is 0 Å². The van der Waals surface area contributed by atoms with Gasteiger partial charge in [0.25, 0.3) is 0 Å². The fourth-order valence-electron chi connectivity index (χ4n) is 1.96. The molecule has 1 heterocycles. The van der Waals surface area contributed by atoms with Gasteiger partial charge in [-0.25, -0.2) is 4.98 Å². The third kappa shape index (κ3) is 3.74. The highest BCUT2D eigenvalue weighted by molar-refractivity contribution is 6.31. The summed E-state index contributed by atoms with van der Waals surface area (Å²) in [4.78, 5) is 4.35. The lowest BCUT2D eigenvalue weighted by atomic mass is 10.2. The molecule has 0 saturated carbocycles. The molecule has 0 aliphatic carbocycles. The van der Waals surface area contributed by atoms with Crippen molar-refractivity contribution in [2.24, 2.45) is 0 Å². The number of halogens is 1. The summed E-state index contributed by atoms with van der Waals surface area (Å²) < 4.78 is 7.44. The number of benzene rings is 1. The summed E-state index contributed by atoms with van der Waals surface area (Å²) in [7, 11) is 0. The zero-order chi connectivity index (χ0) is 14.4. The monoisotopic (exact) mass is 293 g/mol. The number of rotatable bonds is 7. The molecule has 0 bridgehead atoms. The maximum atomic E-state index is 6.13. The highest BCUT2D eigenvalue weighted by atomic mass is 35.5. The van der Waals surface area contributed by atoms with Gasteiger partial charge in [0.2, 0.25) is 5.95 Å². The van der Waals surface area contributed by atoms with E-state index in [0.29, 0.717) is 0 Å². The molecule has 0 saturated heterocycles. The Morgan fingerprint density at radius 2 is 2.25 bits per heavy atom. The van der Waals surface area contributed by atoms with Crippen LogP contribution in [-0.4, -0.2) is 22.8 Å². The lowest BCUT2D eigenvalue weighted by molar-refractivity contribution is 0.142. The number of aromatic nitrogens is 2. The molecule has 5 heteroatoms. The van der Waals surface area contributed by atoms with Crippen molar-refractivity contribution in [1.82, 2.24) is 9.55 Å². The maximum Gasteiger partial charge on any atom is 0.207 e. The summed E-state index contributed by atoms with van der Waals surface area (Å²) in [5.74, 6) is 0.826. The SMILES string of the molecule is CCOCCCn1ccnc1Nc1cccc(Cl)c1C. The number of anilines is 2. The van der Waals surface area contributed by atoms with Crippen LogP contribution in [0.15, 0.2) is 30.6 Å². The van der Waals surface area contributed by atoms with Crippen LogP contribution >= 0.6 is 11.6 Å². The molecule has 0 aliphatic heterocycles. The van der Waals surface area contributed by atoms with Gasteiger partial charge in [-0.3, -0.25) is 0 Å². The van der Waals surface area contributed by atoms with Crippen molar-refractivity contribution in [1.29, 1.82) is 0 Å². The van der Waals surface area contributed by atoms with E-state index < -0.39 is 0 Å². The van der Waals surface area contributed by atoms with E-state index in [1.165, 1.54) is 0 Å². The first-order valence-corrected chi connectivity index (χ1v) is 7.21. The molecule has 2 aromatic rings. The van der Waals surface area contributed by atoms with Gasteiger partial charge in [-0.15, -0.1) is 0 Å². The van der Waals surface area contributed by atoms with Crippen molar-refractivity contribution in [3.05, 3.63) is 41.2 Å². The molecule has 0 amide bonds. The standard InChI is InChI=1S/C15H20ClN3O/c1-3-20-11-5-9-19-10-8-17-15(19)18-14-7-4-6-13(16)12(14)2/h4,6-8,10H,3,5,9,11H2,1-2H3,(H,17,18). The van der Waals surface area contributed by atoms with Gasteiger partial charge in [0, 0.05) is 42.9 Å². The molecule has 0 unspecified atom stereocenters. The zero-order valence-electron chi connectivity index (χ0n) is 11.9. The Hall–Kier alpha value is -1.52. The third-order valence-corrected chi connectivity index (χ3v) is 3.53. The number of imidazole rings is 1. The average Bonchev–Trinajstić information content (AvgIpc) is 2.87. The second-order valence-corrected chi connectivity index (χ2v) is 4.94. The normalized spacial score (nSPS) is 10.8. The Morgan fingerprint density at radius 3 is 3.05 bits per heavy atom. The Morgan fingerprint density at radius 1 is 1.40 bits per heavy atom. The molecule has 1 N–H and O–H groups in total. The first-order chi connectivity index (χ1) is 9.72. The minimum Gasteiger partial charge on any atom is -0.382 e. The summed E-state index contributed by atoms with van der Waals surface area (Å²) in [5.41, 5.74) is 2.01. The molecule has 0 fully saturated rings. The predicted molar refractivity (Wildman–Crippen MR) is 82.8 cm³/mol. The number of nitrogens with one attached hydrogen (secondary N) is 1. The van der Waals surface area contributed by atoms with Crippen molar-refractivity contribution >= 4 is 23.2 Å². The first kappa shape index (κ1) is 14.9. The van der Waals surface area contributed by atoms with Crippen LogP contribution in [0.25, 0.3) is 0 Å². The molecular weight excluding hydrogens is 274 g/mol. The summed E-state index contributed by atoms with van der Waals surface area (Å²) in [5, 5.41) is 4.08. The third-order valence-electron chi connectivity index (χ3n) is 3.12. The van der Waals surface area contributed by atoms with E-state index in [0.717, 1.165) is 48.4 Å². The molecule has 2 rings (SSSR count). The minimum absolute atomic E-state index is 0.754. The summed E-state index contributed by atoms with van der Waals surface area (Å²) in [6.07, 6.45) is 4.73. The Labute approximate surface area is 124 Å². The van der Waals surface area contributed by atoms with Gasteiger partial charge in [-0.1, -0.05) is 17.7 Å². The van der Waals surface area contributed by atoms with E-state index >= 15 is 0 Å². The van der Waals surface area contributed by atoms with Crippen LogP contribution < -0.4 is 5.32 Å². The predicted octanol–water partition coefficient (Wildman–Crippen LogP) is 4.02. The fraction of sp³-hybridized carbons (Fsp3) is 0.400. The molecule has 1 aromatic heterocycles. The van der Waals surface area contributed by atoms with Crippen molar-refractivity contribution in [2.45, 2.75) is 26.8 Å². The van der Waals surface area contributed by atoms with Gasteiger partial charge >= 0.3 is 0 Å². The average molecular weight is 294 g/mol. The second-order valence-electron chi connectivity index (χ2n) is 4.53. The van der Waals surface area contributed by atoms with Gasteiger partial charge in [0.05, 0.1) is 0 Å². The second kappa shape index (κ2) is 7.31. The Balaban J connectivity index is 2.03. The molecule has 0 aliphatic rings. The molecule has 0 atom stereocenters. The van der Waals surface area contributed by atoms with E-state index in [4.69, 9.17) is 16.3 Å². The quantitative estimate of drug-likeness (QED) is 0.784. The fourth-order valence-corrected chi connectivity index (χ4v) is 2.13. The Bertz CT molecular complexity index is 554. The lowest BCUT2D eigenvalue weighted by Crippen LogP contribution is -2.06. The van der Waals surface area contributed by atoms with Gasteiger partial charge in [0.15, 0.2) is 0 Å². The highest BCUT2D eigenvalue weighted by Gasteiger charge is 2.06. The number of hydrogen-bond acceptors (Lipinski definition) is 3. The number of nitrogens with zero attached hydrogens (tertiary/aromatic N) is 2. The molecule has 1 aromatic carbocycles. The van der Waals surface area contributed by atoms with Crippen molar-refractivity contribution in [3.63, 3.8) is 0 Å². The summed E-state index contributed by atoms with van der Waals surface area (Å²) in [6, 6.07) is 5.82. The molecule has 4 nitrogen and oxygen atoms in total. The molecule has 0 radical (unpaired) electrons. The molecule has 20 heavy (non-hydrogen) atoms. The van der Waals surface area contributed by atoms with Gasteiger partial charge in [0.1, 0.15) is 0 Å². The van der Waals surface area contributed by atoms with Crippen molar-refractivity contribution in [3.8, 4) is 0 Å². The van der Waals surface area contributed by atoms with Gasteiger partial charge in [-0.05, 0) is 38.0 Å². The minimum atomic E-state index is 0.754. The zero-order valence-corrected chi connectivity index (χ0v) is 12.7. The molecular formula is C15H20ClN3O. The topological polar surface area (TPSA) is 39.1 Å². The van der Waals surface area contributed by atoms with Crippen LogP contribution in [0.4, 0.5) is 11.6 Å². The Kier molecular flexibility index (Phi) is 5.44. The number of aryl methyl sites for hydroxylation is 1. The molecule has 0 spiro atoms. The van der Waals surface area contributed by atoms with E-state index in [2.05, 4.69) is 14.9 Å². The number of ether oxygens (including phenoxy) is 1. The van der Waals surface area contributed by atoms with Crippen LogP contribution in [0.1, 0.15) is 18.9 Å².